The predicted octanol–water partition coefficient (Wildman–Crippen LogP) is 3.01. The van der Waals surface area contributed by atoms with Gasteiger partial charge in [0.05, 0.1) is 17.2 Å². The molecule has 2 aromatic heterocycles. The number of rotatable bonds is 0. The number of nitrogens with zero attached hydrogens (tertiary/aromatic N) is 3. The van der Waals surface area contributed by atoms with Crippen molar-refractivity contribution in [3.63, 3.8) is 0 Å². The monoisotopic (exact) mass is 233 g/mol. The lowest BCUT2D eigenvalue weighted by atomic mass is 10.0. The maximum absolute atomic E-state index is 4.73. The summed E-state index contributed by atoms with van der Waals surface area (Å²) in [6.07, 6.45) is 7.87. The van der Waals surface area contributed by atoms with E-state index in [9.17, 15) is 0 Å². The third-order valence-corrected chi connectivity index (χ3v) is 4.15. The molecular formula is C15H11N3. The van der Waals surface area contributed by atoms with E-state index in [4.69, 9.17) is 4.98 Å². The smallest absolute Gasteiger partial charge is 0.162 e. The molecule has 18 heavy (non-hydrogen) atoms. The van der Waals surface area contributed by atoms with Gasteiger partial charge in [-0.3, -0.25) is 0 Å². The van der Waals surface area contributed by atoms with Crippen molar-refractivity contribution < 1.29 is 0 Å². The molecule has 0 amide bonds. The Morgan fingerprint density at radius 1 is 1.22 bits per heavy atom. The average Bonchev–Trinajstić information content (AvgIpc) is 3.11. The van der Waals surface area contributed by atoms with Gasteiger partial charge < -0.3 is 0 Å². The van der Waals surface area contributed by atoms with Crippen LogP contribution in [0.2, 0.25) is 0 Å². The van der Waals surface area contributed by atoms with Crippen LogP contribution in [0, 0.1) is 5.92 Å². The molecule has 0 aliphatic heterocycles. The van der Waals surface area contributed by atoms with Crippen molar-refractivity contribution >= 4 is 22.8 Å². The van der Waals surface area contributed by atoms with E-state index in [1.807, 2.05) is 28.9 Å². The highest BCUT2D eigenvalue weighted by Crippen LogP contribution is 2.52. The first-order chi connectivity index (χ1) is 8.92. The molecule has 2 aliphatic rings. The Bertz CT molecular complexity index is 828. The lowest BCUT2D eigenvalue weighted by Gasteiger charge is -2.09. The molecule has 5 rings (SSSR count). The van der Waals surface area contributed by atoms with Crippen LogP contribution in [0.3, 0.4) is 0 Å². The molecule has 0 radical (unpaired) electrons. The summed E-state index contributed by atoms with van der Waals surface area (Å²) in [6, 6.07) is 8.17. The van der Waals surface area contributed by atoms with Gasteiger partial charge >= 0.3 is 0 Å². The van der Waals surface area contributed by atoms with Gasteiger partial charge in [0.25, 0.3) is 0 Å². The van der Waals surface area contributed by atoms with Crippen molar-refractivity contribution in [2.75, 3.05) is 0 Å². The van der Waals surface area contributed by atoms with Crippen molar-refractivity contribution in [1.82, 2.24) is 14.6 Å². The minimum atomic E-state index is 0.697. The number of imidazole rings is 1. The molecule has 3 heteroatoms. The highest BCUT2D eigenvalue weighted by atomic mass is 15.3. The molecular weight excluding hydrogens is 222 g/mol. The van der Waals surface area contributed by atoms with Crippen molar-refractivity contribution in [3.8, 4) is 0 Å². The fourth-order valence-electron chi connectivity index (χ4n) is 3.09. The van der Waals surface area contributed by atoms with Crippen molar-refractivity contribution in [3.05, 3.63) is 47.7 Å². The Morgan fingerprint density at radius 3 is 3.17 bits per heavy atom. The summed E-state index contributed by atoms with van der Waals surface area (Å²) in [7, 11) is 0. The fraction of sp³-hybridized carbons (Fsp3) is 0.200. The van der Waals surface area contributed by atoms with E-state index < -0.39 is 0 Å². The zero-order chi connectivity index (χ0) is 11.7. The van der Waals surface area contributed by atoms with Gasteiger partial charge in [0.2, 0.25) is 0 Å². The minimum Gasteiger partial charge on any atom is -0.226 e. The summed E-state index contributed by atoms with van der Waals surface area (Å²) in [4.78, 5) is 4.73. The summed E-state index contributed by atoms with van der Waals surface area (Å²) < 4.78 is 1.96. The SMILES string of the molecule is C1=C[C@H]2CC2c2cnn3c(nc4ccccc43)c21. The molecule has 86 valence electrons. The molecule has 2 aliphatic carbocycles. The molecule has 2 heterocycles. The van der Waals surface area contributed by atoms with E-state index in [1.54, 1.807) is 0 Å². The van der Waals surface area contributed by atoms with E-state index in [-0.39, 0.29) is 0 Å². The second-order valence-corrected chi connectivity index (χ2v) is 5.21. The van der Waals surface area contributed by atoms with Crippen LogP contribution < -0.4 is 0 Å². The van der Waals surface area contributed by atoms with E-state index >= 15 is 0 Å². The van der Waals surface area contributed by atoms with Crippen LogP contribution in [0.5, 0.6) is 0 Å². The van der Waals surface area contributed by atoms with Gasteiger partial charge in [-0.15, -0.1) is 0 Å². The Hall–Kier alpha value is -2.16. The Morgan fingerprint density at radius 2 is 2.17 bits per heavy atom. The minimum absolute atomic E-state index is 0.697. The molecule has 1 fully saturated rings. The van der Waals surface area contributed by atoms with Crippen LogP contribution in [0.1, 0.15) is 23.5 Å². The zero-order valence-electron chi connectivity index (χ0n) is 9.74. The molecule has 0 bridgehead atoms. The molecule has 1 saturated carbocycles. The highest BCUT2D eigenvalue weighted by Gasteiger charge is 2.40. The van der Waals surface area contributed by atoms with Crippen LogP contribution in [0.4, 0.5) is 0 Å². The zero-order valence-corrected chi connectivity index (χ0v) is 9.74. The van der Waals surface area contributed by atoms with Crippen molar-refractivity contribution in [1.29, 1.82) is 0 Å². The standard InChI is InChI=1S/C15H11N3/c1-2-4-14-13(3-1)17-15-10-6-5-9-7-11(9)12(10)8-16-18(14)15/h1-6,8-9,11H,7H2/t9-,11?/m0/s1. The summed E-state index contributed by atoms with van der Waals surface area (Å²) in [5, 5.41) is 4.58. The Balaban J connectivity index is 1.97. The van der Waals surface area contributed by atoms with E-state index in [2.05, 4.69) is 23.3 Å². The lowest BCUT2D eigenvalue weighted by molar-refractivity contribution is 0.906. The first-order valence-corrected chi connectivity index (χ1v) is 6.36. The lowest BCUT2D eigenvalue weighted by Crippen LogP contribution is -2.01. The molecule has 2 atom stereocenters. The van der Waals surface area contributed by atoms with Crippen molar-refractivity contribution in [2.45, 2.75) is 12.3 Å². The number of para-hydroxylation sites is 2. The summed E-state index contributed by atoms with van der Waals surface area (Å²) in [5.74, 6) is 1.45. The number of hydrogen-bond acceptors (Lipinski definition) is 2. The number of aromatic nitrogens is 3. The van der Waals surface area contributed by atoms with Gasteiger partial charge in [-0.25, -0.2) is 9.50 Å². The van der Waals surface area contributed by atoms with Gasteiger partial charge in [-0.1, -0.05) is 24.3 Å². The summed E-state index contributed by atoms with van der Waals surface area (Å²) in [6.45, 7) is 0. The number of hydrogen-bond donors (Lipinski definition) is 0. The second kappa shape index (κ2) is 2.80. The summed E-state index contributed by atoms with van der Waals surface area (Å²) in [5.41, 5.74) is 5.74. The number of allylic oxidation sites excluding steroid dienone is 1. The van der Waals surface area contributed by atoms with E-state index in [0.29, 0.717) is 5.92 Å². The first-order valence-electron chi connectivity index (χ1n) is 6.36. The van der Waals surface area contributed by atoms with Crippen LogP contribution in [-0.4, -0.2) is 14.6 Å². The maximum Gasteiger partial charge on any atom is 0.162 e. The largest absolute Gasteiger partial charge is 0.226 e. The molecule has 0 saturated heterocycles. The van der Waals surface area contributed by atoms with Gasteiger partial charge in [-0.05, 0) is 36.0 Å². The molecule has 0 N–H and O–H groups in total. The van der Waals surface area contributed by atoms with Crippen molar-refractivity contribution in [2.24, 2.45) is 5.92 Å². The van der Waals surface area contributed by atoms with Gasteiger partial charge in [-0.2, -0.15) is 5.10 Å². The second-order valence-electron chi connectivity index (χ2n) is 5.21. The third-order valence-electron chi connectivity index (χ3n) is 4.15. The quantitative estimate of drug-likeness (QED) is 0.597. The van der Waals surface area contributed by atoms with Gasteiger partial charge in [0.1, 0.15) is 0 Å². The fourth-order valence-corrected chi connectivity index (χ4v) is 3.09. The number of fused-ring (bicyclic) bond motifs is 7. The topological polar surface area (TPSA) is 30.2 Å². The third kappa shape index (κ3) is 0.957. The molecule has 1 aromatic carbocycles. The van der Waals surface area contributed by atoms with E-state index in [1.165, 1.54) is 17.5 Å². The van der Waals surface area contributed by atoms with Crippen LogP contribution in [-0.2, 0) is 0 Å². The number of benzene rings is 1. The first kappa shape index (κ1) is 8.86. The Labute approximate surface area is 104 Å². The highest BCUT2D eigenvalue weighted by molar-refractivity contribution is 5.84. The van der Waals surface area contributed by atoms with E-state index in [0.717, 1.165) is 22.6 Å². The molecule has 3 aromatic rings. The molecule has 0 spiro atoms. The van der Waals surface area contributed by atoms with Crippen LogP contribution in [0.25, 0.3) is 22.8 Å². The Kier molecular flexibility index (Phi) is 1.38. The van der Waals surface area contributed by atoms with Gasteiger partial charge in [0, 0.05) is 5.56 Å². The average molecular weight is 233 g/mol. The summed E-state index contributed by atoms with van der Waals surface area (Å²) >= 11 is 0. The molecule has 1 unspecified atom stereocenters. The van der Waals surface area contributed by atoms with Gasteiger partial charge in [0.15, 0.2) is 5.65 Å². The van der Waals surface area contributed by atoms with Crippen LogP contribution >= 0.6 is 0 Å². The molecule has 3 nitrogen and oxygen atoms in total. The maximum atomic E-state index is 4.73. The predicted molar refractivity (Wildman–Crippen MR) is 70.4 cm³/mol. The normalized spacial score (nSPS) is 24.2. The van der Waals surface area contributed by atoms with Crippen LogP contribution in [0.15, 0.2) is 36.5 Å².